The van der Waals surface area contributed by atoms with E-state index in [1.165, 1.54) is 0 Å². The summed E-state index contributed by atoms with van der Waals surface area (Å²) in [5, 5.41) is 9.49. The molecule has 0 amide bonds. The van der Waals surface area contributed by atoms with Crippen LogP contribution in [0.15, 0.2) is 65.6 Å². The molecule has 0 saturated heterocycles. The molecular formula is C20H16ClNO3. The van der Waals surface area contributed by atoms with Gasteiger partial charge in [-0.1, -0.05) is 48.0 Å². The van der Waals surface area contributed by atoms with Gasteiger partial charge in [-0.3, -0.25) is 9.59 Å². The Balaban J connectivity index is 1.87. The number of hydrogen-bond acceptors (Lipinski definition) is 2. The van der Waals surface area contributed by atoms with Crippen molar-refractivity contribution in [3.63, 3.8) is 0 Å². The number of rotatable bonds is 5. The van der Waals surface area contributed by atoms with Crippen LogP contribution >= 0.6 is 11.6 Å². The quantitative estimate of drug-likeness (QED) is 0.730. The molecule has 2 aromatic carbocycles. The molecule has 0 unspecified atom stereocenters. The van der Waals surface area contributed by atoms with Gasteiger partial charge in [-0.25, -0.2) is 0 Å². The van der Waals surface area contributed by atoms with Crippen molar-refractivity contribution in [3.8, 4) is 11.1 Å². The highest BCUT2D eigenvalue weighted by Crippen LogP contribution is 2.20. The van der Waals surface area contributed by atoms with Gasteiger partial charge < -0.3 is 10.1 Å². The molecule has 0 atom stereocenters. The van der Waals surface area contributed by atoms with Crippen LogP contribution in [0, 0.1) is 0 Å². The third-order valence-corrected chi connectivity index (χ3v) is 4.18. The van der Waals surface area contributed by atoms with E-state index in [2.05, 4.69) is 4.98 Å². The molecule has 0 radical (unpaired) electrons. The fraction of sp³-hybridized carbons (Fsp3) is 0.100. The van der Waals surface area contributed by atoms with Crippen LogP contribution in [0.3, 0.4) is 0 Å². The van der Waals surface area contributed by atoms with Crippen LogP contribution in [-0.4, -0.2) is 16.1 Å². The van der Waals surface area contributed by atoms with E-state index in [0.717, 1.165) is 22.3 Å². The Bertz CT molecular complexity index is 944. The van der Waals surface area contributed by atoms with Crippen LogP contribution < -0.4 is 5.56 Å². The van der Waals surface area contributed by atoms with E-state index < -0.39 is 5.97 Å². The van der Waals surface area contributed by atoms with E-state index in [1.807, 2.05) is 30.3 Å². The summed E-state index contributed by atoms with van der Waals surface area (Å²) in [5.41, 5.74) is 4.08. The minimum Gasteiger partial charge on any atom is -0.481 e. The average molecular weight is 354 g/mol. The maximum Gasteiger partial charge on any atom is 0.307 e. The summed E-state index contributed by atoms with van der Waals surface area (Å²) >= 11 is 5.89. The third kappa shape index (κ3) is 4.37. The molecule has 0 aliphatic carbocycles. The van der Waals surface area contributed by atoms with Gasteiger partial charge >= 0.3 is 5.97 Å². The summed E-state index contributed by atoms with van der Waals surface area (Å²) < 4.78 is 0. The van der Waals surface area contributed by atoms with Gasteiger partial charge in [-0.15, -0.1) is 0 Å². The number of aromatic nitrogens is 1. The van der Waals surface area contributed by atoms with Crippen LogP contribution in [0.1, 0.15) is 16.7 Å². The minimum absolute atomic E-state index is 0.00623. The van der Waals surface area contributed by atoms with Gasteiger partial charge in [0.05, 0.1) is 6.42 Å². The van der Waals surface area contributed by atoms with Crippen molar-refractivity contribution >= 4 is 17.6 Å². The highest BCUT2D eigenvalue weighted by Gasteiger charge is 2.06. The SMILES string of the molecule is O=C(O)Cc1ccc(-c2c[nH]c(=O)c(Cc3ccc(Cl)cc3)c2)cc1. The molecule has 0 bridgehead atoms. The molecule has 3 aromatic rings. The molecule has 0 saturated carbocycles. The molecule has 126 valence electrons. The summed E-state index contributed by atoms with van der Waals surface area (Å²) in [7, 11) is 0. The van der Waals surface area contributed by atoms with Crippen molar-refractivity contribution in [1.82, 2.24) is 4.98 Å². The first kappa shape index (κ1) is 17.0. The molecule has 0 aliphatic heterocycles. The lowest BCUT2D eigenvalue weighted by Crippen LogP contribution is -2.12. The van der Waals surface area contributed by atoms with E-state index in [9.17, 15) is 9.59 Å². The summed E-state index contributed by atoms with van der Waals surface area (Å²) in [6.45, 7) is 0. The van der Waals surface area contributed by atoms with Gasteiger partial charge in [-0.05, 0) is 40.5 Å². The molecule has 4 nitrogen and oxygen atoms in total. The number of H-pyrrole nitrogens is 1. The smallest absolute Gasteiger partial charge is 0.307 e. The van der Waals surface area contributed by atoms with Gasteiger partial charge in [0.2, 0.25) is 0 Å². The maximum absolute atomic E-state index is 12.1. The number of carboxylic acid groups (broad SMARTS) is 1. The van der Waals surface area contributed by atoms with Crippen molar-refractivity contribution in [2.45, 2.75) is 12.8 Å². The first-order valence-electron chi connectivity index (χ1n) is 7.78. The van der Waals surface area contributed by atoms with Gasteiger partial charge in [0, 0.05) is 23.2 Å². The monoisotopic (exact) mass is 353 g/mol. The number of carboxylic acids is 1. The van der Waals surface area contributed by atoms with E-state index in [0.29, 0.717) is 17.0 Å². The van der Waals surface area contributed by atoms with Crippen molar-refractivity contribution in [1.29, 1.82) is 0 Å². The summed E-state index contributed by atoms with van der Waals surface area (Å²) in [5.74, 6) is -0.859. The largest absolute Gasteiger partial charge is 0.481 e. The minimum atomic E-state index is -0.859. The van der Waals surface area contributed by atoms with Crippen molar-refractivity contribution < 1.29 is 9.90 Å². The highest BCUT2D eigenvalue weighted by molar-refractivity contribution is 6.30. The number of benzene rings is 2. The number of aliphatic carboxylic acids is 1. The molecule has 2 N–H and O–H groups in total. The fourth-order valence-corrected chi connectivity index (χ4v) is 2.77. The van der Waals surface area contributed by atoms with Crippen molar-refractivity contribution in [2.24, 2.45) is 0 Å². The van der Waals surface area contributed by atoms with E-state index in [-0.39, 0.29) is 12.0 Å². The van der Waals surface area contributed by atoms with Gasteiger partial charge in [0.25, 0.3) is 5.56 Å². The Labute approximate surface area is 149 Å². The van der Waals surface area contributed by atoms with Crippen molar-refractivity contribution in [2.75, 3.05) is 0 Å². The molecule has 1 aromatic heterocycles. The highest BCUT2D eigenvalue weighted by atomic mass is 35.5. The second-order valence-electron chi connectivity index (χ2n) is 5.81. The Morgan fingerprint density at radius 1 is 0.960 bits per heavy atom. The molecular weight excluding hydrogens is 338 g/mol. The van der Waals surface area contributed by atoms with E-state index >= 15 is 0 Å². The van der Waals surface area contributed by atoms with Crippen LogP contribution in [0.4, 0.5) is 0 Å². The predicted octanol–water partition coefficient (Wildman–Crippen LogP) is 3.91. The summed E-state index contributed by atoms with van der Waals surface area (Å²) in [6, 6.07) is 16.5. The Morgan fingerprint density at radius 3 is 2.24 bits per heavy atom. The fourth-order valence-electron chi connectivity index (χ4n) is 2.64. The Morgan fingerprint density at radius 2 is 1.60 bits per heavy atom. The predicted molar refractivity (Wildman–Crippen MR) is 98.1 cm³/mol. The lowest BCUT2D eigenvalue weighted by atomic mass is 10.0. The van der Waals surface area contributed by atoms with Crippen LogP contribution in [0.5, 0.6) is 0 Å². The van der Waals surface area contributed by atoms with Crippen molar-refractivity contribution in [3.05, 3.63) is 92.9 Å². The molecule has 3 rings (SSSR count). The number of pyridine rings is 1. The zero-order valence-electron chi connectivity index (χ0n) is 13.3. The van der Waals surface area contributed by atoms with E-state index in [4.69, 9.17) is 16.7 Å². The molecule has 5 heteroatoms. The van der Waals surface area contributed by atoms with Crippen LogP contribution in [0.2, 0.25) is 5.02 Å². The molecule has 0 fully saturated rings. The van der Waals surface area contributed by atoms with Crippen LogP contribution in [0.25, 0.3) is 11.1 Å². The van der Waals surface area contributed by atoms with E-state index in [1.54, 1.807) is 30.5 Å². The van der Waals surface area contributed by atoms with Gasteiger partial charge in [0.1, 0.15) is 0 Å². The standard InChI is InChI=1S/C20H16ClNO3/c21-18-7-3-13(4-8-18)9-16-11-17(12-22-20(16)25)15-5-1-14(2-6-15)10-19(23)24/h1-8,11-12H,9-10H2,(H,22,25)(H,23,24). The average Bonchev–Trinajstić information content (AvgIpc) is 2.59. The first-order chi connectivity index (χ1) is 12.0. The van der Waals surface area contributed by atoms with Gasteiger partial charge in [0.15, 0.2) is 0 Å². The van der Waals surface area contributed by atoms with Crippen LogP contribution in [-0.2, 0) is 17.6 Å². The zero-order valence-corrected chi connectivity index (χ0v) is 14.1. The number of carbonyl (C=O) groups is 1. The molecule has 1 heterocycles. The molecule has 25 heavy (non-hydrogen) atoms. The first-order valence-corrected chi connectivity index (χ1v) is 8.16. The number of nitrogens with one attached hydrogen (secondary N) is 1. The lowest BCUT2D eigenvalue weighted by molar-refractivity contribution is -0.136. The Kier molecular flexibility index (Phi) is 5.00. The molecule has 0 spiro atoms. The molecule has 0 aliphatic rings. The zero-order chi connectivity index (χ0) is 17.8. The topological polar surface area (TPSA) is 70.2 Å². The summed E-state index contributed by atoms with van der Waals surface area (Å²) in [4.78, 5) is 25.6. The third-order valence-electron chi connectivity index (χ3n) is 3.93. The maximum atomic E-state index is 12.1. The van der Waals surface area contributed by atoms with Gasteiger partial charge in [-0.2, -0.15) is 0 Å². The Hall–Kier alpha value is -2.85. The summed E-state index contributed by atoms with van der Waals surface area (Å²) in [6.07, 6.45) is 2.17. The number of aromatic amines is 1. The number of hydrogen-bond donors (Lipinski definition) is 2. The second kappa shape index (κ2) is 7.36. The normalized spacial score (nSPS) is 10.6. The lowest BCUT2D eigenvalue weighted by Gasteiger charge is -2.07. The second-order valence-corrected chi connectivity index (χ2v) is 6.25. The number of halogens is 1.